The number of amides is 3. The van der Waals surface area contributed by atoms with Gasteiger partial charge in [-0.05, 0) is 55.8 Å². The summed E-state index contributed by atoms with van der Waals surface area (Å²) >= 11 is 13.1. The Bertz CT molecular complexity index is 1580. The molecule has 0 saturated carbocycles. The molecule has 0 spiro atoms. The number of pyridine rings is 1. The van der Waals surface area contributed by atoms with Crippen LogP contribution in [0, 0.1) is 11.8 Å². The number of para-hydroxylation sites is 1. The first-order valence-corrected chi connectivity index (χ1v) is 13.1. The molecule has 3 amide bonds. The minimum absolute atomic E-state index is 0.0558. The molecular weight excluding hydrogens is 553 g/mol. The van der Waals surface area contributed by atoms with E-state index in [1.54, 1.807) is 50.4 Å². The number of aromatic nitrogens is 1. The molecule has 1 atom stereocenters. The molecule has 1 unspecified atom stereocenters. The molecule has 1 aromatic heterocycles. The van der Waals surface area contributed by atoms with Crippen molar-refractivity contribution in [3.63, 3.8) is 0 Å². The van der Waals surface area contributed by atoms with Gasteiger partial charge in [-0.15, -0.1) is 0 Å². The Morgan fingerprint density at radius 3 is 2.62 bits per heavy atom. The number of anilines is 2. The summed E-state index contributed by atoms with van der Waals surface area (Å²) in [5.74, 6) is 0.174. The van der Waals surface area contributed by atoms with Gasteiger partial charge in [-0.25, -0.2) is 9.78 Å². The van der Waals surface area contributed by atoms with Gasteiger partial charge in [0.1, 0.15) is 23.9 Å². The molecule has 40 heavy (non-hydrogen) atoms. The van der Waals surface area contributed by atoms with Gasteiger partial charge in [-0.3, -0.25) is 4.79 Å². The van der Waals surface area contributed by atoms with Gasteiger partial charge in [0, 0.05) is 34.4 Å². The molecule has 11 heteroatoms. The third kappa shape index (κ3) is 6.67. The minimum atomic E-state index is -0.583. The number of rotatable bonds is 9. The van der Waals surface area contributed by atoms with E-state index in [1.165, 1.54) is 4.90 Å². The Balaban J connectivity index is 1.41. The van der Waals surface area contributed by atoms with Crippen LogP contribution in [-0.2, 0) is 11.4 Å². The Morgan fingerprint density at radius 1 is 1.07 bits per heavy atom. The second kappa shape index (κ2) is 12.8. The van der Waals surface area contributed by atoms with Crippen molar-refractivity contribution in [2.45, 2.75) is 26.5 Å². The van der Waals surface area contributed by atoms with E-state index < -0.39 is 18.0 Å². The highest BCUT2D eigenvalue weighted by Gasteiger charge is 2.20. The van der Waals surface area contributed by atoms with Gasteiger partial charge in [0.15, 0.2) is 0 Å². The summed E-state index contributed by atoms with van der Waals surface area (Å²) in [6, 6.07) is 18.4. The van der Waals surface area contributed by atoms with Gasteiger partial charge < -0.3 is 20.3 Å². The van der Waals surface area contributed by atoms with Crippen molar-refractivity contribution in [1.29, 1.82) is 0 Å². The van der Waals surface area contributed by atoms with Gasteiger partial charge >= 0.3 is 6.03 Å². The van der Waals surface area contributed by atoms with Gasteiger partial charge in [0.05, 0.1) is 17.3 Å². The van der Waals surface area contributed by atoms with Crippen molar-refractivity contribution in [2.24, 2.45) is 5.18 Å². The van der Waals surface area contributed by atoms with Gasteiger partial charge in [0.2, 0.25) is 5.91 Å². The number of halogens is 2. The summed E-state index contributed by atoms with van der Waals surface area (Å²) in [6.07, 6.45) is 0. The van der Waals surface area contributed by atoms with Gasteiger partial charge in [-0.2, -0.15) is 4.91 Å². The number of fused-ring (bicyclic) bond motifs is 1. The maximum absolute atomic E-state index is 12.9. The fourth-order valence-corrected chi connectivity index (χ4v) is 4.59. The highest BCUT2D eigenvalue weighted by molar-refractivity contribution is 6.38. The quantitative estimate of drug-likeness (QED) is 0.206. The average Bonchev–Trinajstić information content (AvgIpc) is 2.95. The predicted molar refractivity (Wildman–Crippen MR) is 158 cm³/mol. The van der Waals surface area contributed by atoms with Crippen LogP contribution in [0.2, 0.25) is 10.0 Å². The summed E-state index contributed by atoms with van der Waals surface area (Å²) in [5, 5.41) is 9.75. The van der Waals surface area contributed by atoms with Crippen LogP contribution in [-0.4, -0.2) is 30.5 Å². The van der Waals surface area contributed by atoms with E-state index in [0.717, 1.165) is 16.6 Å². The zero-order chi connectivity index (χ0) is 28.8. The molecule has 2 N–H and O–H groups in total. The average molecular weight is 580 g/mol. The largest absolute Gasteiger partial charge is 0.487 e. The zero-order valence-electron chi connectivity index (χ0n) is 22.1. The fraction of sp³-hybridized carbons (Fsp3) is 0.207. The normalized spacial score (nSPS) is 11.5. The van der Waals surface area contributed by atoms with Crippen LogP contribution in [0.3, 0.4) is 0 Å². The van der Waals surface area contributed by atoms with E-state index in [4.69, 9.17) is 27.9 Å². The number of benzene rings is 3. The molecule has 3 aromatic carbocycles. The van der Waals surface area contributed by atoms with E-state index in [9.17, 15) is 14.5 Å². The Hall–Kier alpha value is -4.21. The lowest BCUT2D eigenvalue weighted by Gasteiger charge is -2.21. The number of urea groups is 1. The van der Waals surface area contributed by atoms with Crippen molar-refractivity contribution >= 4 is 57.4 Å². The first-order valence-electron chi connectivity index (χ1n) is 12.4. The minimum Gasteiger partial charge on any atom is -0.487 e. The molecule has 9 nitrogen and oxygen atoms in total. The number of carbonyl (C=O) groups is 2. The lowest BCUT2D eigenvalue weighted by molar-refractivity contribution is -0.117. The van der Waals surface area contributed by atoms with Crippen LogP contribution >= 0.6 is 23.2 Å². The molecule has 206 valence electrons. The smallest absolute Gasteiger partial charge is 0.319 e. The number of ether oxygens (including phenoxy) is 1. The lowest BCUT2D eigenvalue weighted by Crippen LogP contribution is -2.40. The summed E-state index contributed by atoms with van der Waals surface area (Å²) in [5.41, 5.74) is 3.63. The second-order valence-corrected chi connectivity index (χ2v) is 9.88. The third-order valence-electron chi connectivity index (χ3n) is 6.28. The molecule has 0 radical (unpaired) electrons. The van der Waals surface area contributed by atoms with E-state index in [1.807, 2.05) is 37.3 Å². The standard InChI is InChI=1S/C29H27Cl2N5O4/c1-17-10-11-19-6-5-9-25(28(19)33-17)40-16-22-23(30)12-13-24(27(22)31)36(3)26(37)15-32-29(38)34-21-8-4-7-20(14-21)18(2)35-39/h4-14,18H,15-16H2,1-3H3,(H2,32,34,38). The molecule has 0 bridgehead atoms. The van der Waals surface area contributed by atoms with Crippen molar-refractivity contribution in [3.8, 4) is 5.75 Å². The SMILES string of the molecule is Cc1ccc2cccc(OCc3c(Cl)ccc(N(C)C(=O)CNC(=O)Nc4cccc(C(C)N=O)c4)c3Cl)c2n1. The number of likely N-dealkylation sites (N-methyl/N-ethyl adjacent to an activating group) is 1. The molecule has 4 rings (SSSR count). The number of hydrogen-bond acceptors (Lipinski definition) is 6. The number of nitrogens with zero attached hydrogens (tertiary/aromatic N) is 3. The summed E-state index contributed by atoms with van der Waals surface area (Å²) in [6.45, 7) is 3.33. The Morgan fingerprint density at radius 2 is 1.85 bits per heavy atom. The Labute approximate surface area is 241 Å². The van der Waals surface area contributed by atoms with E-state index >= 15 is 0 Å². The zero-order valence-corrected chi connectivity index (χ0v) is 23.6. The number of aryl methyl sites for hydroxylation is 1. The molecule has 4 aromatic rings. The van der Waals surface area contributed by atoms with Crippen LogP contribution in [0.5, 0.6) is 5.75 Å². The van der Waals surface area contributed by atoms with Crippen LogP contribution in [0.4, 0.5) is 16.2 Å². The molecule has 0 aliphatic carbocycles. The monoisotopic (exact) mass is 579 g/mol. The van der Waals surface area contributed by atoms with Crippen molar-refractivity contribution < 1.29 is 14.3 Å². The van der Waals surface area contributed by atoms with Crippen LogP contribution in [0.15, 0.2) is 71.9 Å². The maximum Gasteiger partial charge on any atom is 0.319 e. The van der Waals surface area contributed by atoms with Crippen LogP contribution < -0.4 is 20.3 Å². The van der Waals surface area contributed by atoms with E-state index in [0.29, 0.717) is 33.3 Å². The molecule has 0 aliphatic rings. The first kappa shape index (κ1) is 28.8. The predicted octanol–water partition coefficient (Wildman–Crippen LogP) is 7.04. The number of hydrogen-bond donors (Lipinski definition) is 2. The number of carbonyl (C=O) groups excluding carboxylic acids is 2. The third-order valence-corrected chi connectivity index (χ3v) is 7.06. The van der Waals surface area contributed by atoms with Crippen molar-refractivity contribution in [1.82, 2.24) is 10.3 Å². The molecule has 0 aliphatic heterocycles. The summed E-state index contributed by atoms with van der Waals surface area (Å²) in [4.78, 5) is 42.0. The van der Waals surface area contributed by atoms with Gasteiger partial charge in [-0.1, -0.05) is 58.7 Å². The van der Waals surface area contributed by atoms with Crippen LogP contribution in [0.1, 0.15) is 29.8 Å². The van der Waals surface area contributed by atoms with E-state index in [-0.39, 0.29) is 18.2 Å². The molecule has 0 fully saturated rings. The van der Waals surface area contributed by atoms with E-state index in [2.05, 4.69) is 20.8 Å². The summed E-state index contributed by atoms with van der Waals surface area (Å²) in [7, 11) is 1.55. The number of nitrogens with one attached hydrogen (secondary N) is 2. The topological polar surface area (TPSA) is 113 Å². The maximum atomic E-state index is 12.9. The number of nitroso groups, excluding NO2 is 1. The van der Waals surface area contributed by atoms with Crippen molar-refractivity contribution in [2.75, 3.05) is 23.8 Å². The Kier molecular flexibility index (Phi) is 9.19. The van der Waals surface area contributed by atoms with Gasteiger partial charge in [0.25, 0.3) is 0 Å². The van der Waals surface area contributed by atoms with Crippen molar-refractivity contribution in [3.05, 3.63) is 98.5 Å². The highest BCUT2D eigenvalue weighted by atomic mass is 35.5. The van der Waals surface area contributed by atoms with Crippen LogP contribution in [0.25, 0.3) is 10.9 Å². The lowest BCUT2D eigenvalue weighted by atomic mass is 10.1. The fourth-order valence-electron chi connectivity index (χ4n) is 3.98. The first-order chi connectivity index (χ1) is 19.2. The highest BCUT2D eigenvalue weighted by Crippen LogP contribution is 2.35. The second-order valence-electron chi connectivity index (χ2n) is 9.10. The molecular formula is C29H27Cl2N5O4. The summed E-state index contributed by atoms with van der Waals surface area (Å²) < 4.78 is 6.06. The molecule has 1 heterocycles. The molecule has 0 saturated heterocycles.